The van der Waals surface area contributed by atoms with Crippen LogP contribution in [-0.4, -0.2) is 9.67 Å². The average molecular weight is 404 g/mol. The molecule has 5 rings (SSSR count). The zero-order valence-electron chi connectivity index (χ0n) is 17.8. The molecule has 152 valence electrons. The summed E-state index contributed by atoms with van der Waals surface area (Å²) >= 11 is 0. The molecule has 0 unspecified atom stereocenters. The Hall–Kier alpha value is -3.62. The third-order valence-corrected chi connectivity index (χ3v) is 5.80. The summed E-state index contributed by atoms with van der Waals surface area (Å²) in [5.74, 6) is 0. The smallest absolute Gasteiger partial charge is 0.0840 e. The average Bonchev–Trinajstić information content (AvgIpc) is 3.15. The van der Waals surface area contributed by atoms with Gasteiger partial charge in [0.15, 0.2) is 0 Å². The monoisotopic (exact) mass is 403 g/mol. The van der Waals surface area contributed by atoms with E-state index in [0.717, 1.165) is 39.0 Å². The summed E-state index contributed by atoms with van der Waals surface area (Å²) in [6.45, 7) is 3.67. The minimum Gasteiger partial charge on any atom is -0.386 e. The van der Waals surface area contributed by atoms with Gasteiger partial charge in [0.1, 0.15) is 0 Å². The second-order valence-electron chi connectivity index (χ2n) is 8.42. The number of hydrogen-bond donors (Lipinski definition) is 1. The van der Waals surface area contributed by atoms with E-state index in [4.69, 9.17) is 0 Å². The van der Waals surface area contributed by atoms with Crippen molar-refractivity contribution in [2.75, 3.05) is 0 Å². The van der Waals surface area contributed by atoms with Crippen LogP contribution in [0.25, 0.3) is 39.0 Å². The Morgan fingerprint density at radius 3 is 1.77 bits per heavy atom. The Morgan fingerprint density at radius 2 is 1.19 bits per heavy atom. The van der Waals surface area contributed by atoms with E-state index in [0.29, 0.717) is 0 Å². The first-order chi connectivity index (χ1) is 15.0. The lowest BCUT2D eigenvalue weighted by molar-refractivity contribution is 0.0787. The van der Waals surface area contributed by atoms with Gasteiger partial charge in [0, 0.05) is 16.6 Å². The topological polar surface area (TPSA) is 25.2 Å². The Morgan fingerprint density at radius 1 is 0.645 bits per heavy atom. The van der Waals surface area contributed by atoms with E-state index in [-0.39, 0.29) is 0 Å². The lowest BCUT2D eigenvalue weighted by Gasteiger charge is -2.18. The van der Waals surface area contributed by atoms with E-state index in [1.54, 1.807) is 0 Å². The zero-order chi connectivity index (χ0) is 21.4. The van der Waals surface area contributed by atoms with Gasteiger partial charge < -0.3 is 9.67 Å². The maximum absolute atomic E-state index is 10.7. The van der Waals surface area contributed by atoms with Crippen LogP contribution in [0.4, 0.5) is 0 Å². The summed E-state index contributed by atoms with van der Waals surface area (Å²) in [5, 5.41) is 11.8. The van der Waals surface area contributed by atoms with Gasteiger partial charge in [-0.2, -0.15) is 0 Å². The van der Waals surface area contributed by atoms with Gasteiger partial charge in [0.2, 0.25) is 0 Å². The zero-order valence-corrected chi connectivity index (χ0v) is 17.8. The number of aromatic nitrogens is 1. The van der Waals surface area contributed by atoms with Crippen molar-refractivity contribution >= 4 is 10.9 Å². The van der Waals surface area contributed by atoms with Crippen LogP contribution in [0.3, 0.4) is 0 Å². The van der Waals surface area contributed by atoms with Crippen LogP contribution in [-0.2, 0) is 5.60 Å². The molecule has 0 fully saturated rings. The largest absolute Gasteiger partial charge is 0.386 e. The highest BCUT2D eigenvalue weighted by molar-refractivity contribution is 6.06. The molecule has 1 aromatic heterocycles. The van der Waals surface area contributed by atoms with Crippen LogP contribution in [0.15, 0.2) is 109 Å². The summed E-state index contributed by atoms with van der Waals surface area (Å²) in [6, 6.07) is 37.9. The van der Waals surface area contributed by atoms with Crippen molar-refractivity contribution in [2.45, 2.75) is 19.4 Å². The third-order valence-electron chi connectivity index (χ3n) is 5.80. The van der Waals surface area contributed by atoms with Crippen molar-refractivity contribution in [1.82, 2.24) is 4.57 Å². The quantitative estimate of drug-likeness (QED) is 0.337. The van der Waals surface area contributed by atoms with Gasteiger partial charge in [-0.15, -0.1) is 0 Å². The Balaban J connectivity index is 1.97. The first kappa shape index (κ1) is 19.3. The fraction of sp³-hybridized carbons (Fsp3) is 0.103. The molecule has 0 bridgehead atoms. The summed E-state index contributed by atoms with van der Waals surface area (Å²) in [5.41, 5.74) is 6.88. The van der Waals surface area contributed by atoms with Gasteiger partial charge in [-0.1, -0.05) is 84.9 Å². The SMILES string of the molecule is CC(C)(O)c1ccc2c(c1)c(-c1ccccc1)c(-c1ccccc1)n2-c1ccccc1. The number of fused-ring (bicyclic) bond motifs is 1. The molecule has 2 nitrogen and oxygen atoms in total. The fourth-order valence-electron chi connectivity index (χ4n) is 4.28. The second-order valence-corrected chi connectivity index (χ2v) is 8.42. The van der Waals surface area contributed by atoms with E-state index in [1.807, 2.05) is 38.1 Å². The van der Waals surface area contributed by atoms with E-state index in [9.17, 15) is 5.11 Å². The molecule has 0 saturated heterocycles. The molecule has 0 aliphatic carbocycles. The molecule has 0 amide bonds. The summed E-state index contributed by atoms with van der Waals surface area (Å²) < 4.78 is 2.33. The number of nitrogens with zero attached hydrogens (tertiary/aromatic N) is 1. The van der Waals surface area contributed by atoms with Crippen molar-refractivity contribution in [3.05, 3.63) is 115 Å². The molecule has 2 heteroatoms. The van der Waals surface area contributed by atoms with Crippen LogP contribution in [0, 0.1) is 0 Å². The van der Waals surface area contributed by atoms with E-state index in [1.165, 1.54) is 5.56 Å². The number of rotatable bonds is 4. The van der Waals surface area contributed by atoms with Crippen molar-refractivity contribution in [1.29, 1.82) is 0 Å². The Labute approximate surface area is 183 Å². The lowest BCUT2D eigenvalue weighted by atomic mass is 9.93. The van der Waals surface area contributed by atoms with Gasteiger partial charge in [-0.05, 0) is 54.8 Å². The molecule has 0 atom stereocenters. The van der Waals surface area contributed by atoms with Crippen molar-refractivity contribution in [2.24, 2.45) is 0 Å². The minimum atomic E-state index is -0.913. The number of para-hydroxylation sites is 1. The minimum absolute atomic E-state index is 0.905. The van der Waals surface area contributed by atoms with Crippen LogP contribution in [0.1, 0.15) is 19.4 Å². The van der Waals surface area contributed by atoms with Crippen LogP contribution < -0.4 is 0 Å². The summed E-state index contributed by atoms with van der Waals surface area (Å²) in [4.78, 5) is 0. The van der Waals surface area contributed by atoms with Crippen molar-refractivity contribution in [3.63, 3.8) is 0 Å². The summed E-state index contributed by atoms with van der Waals surface area (Å²) in [7, 11) is 0. The molecule has 0 aliphatic heterocycles. The Bertz CT molecular complexity index is 1330. The van der Waals surface area contributed by atoms with Gasteiger partial charge in [-0.3, -0.25) is 0 Å². The normalized spacial score (nSPS) is 11.7. The number of aliphatic hydroxyl groups is 1. The predicted molar refractivity (Wildman–Crippen MR) is 129 cm³/mol. The van der Waals surface area contributed by atoms with Crippen LogP contribution in [0.5, 0.6) is 0 Å². The van der Waals surface area contributed by atoms with Gasteiger partial charge >= 0.3 is 0 Å². The number of benzene rings is 4. The molecular weight excluding hydrogens is 378 g/mol. The molecule has 31 heavy (non-hydrogen) atoms. The van der Waals surface area contributed by atoms with Gasteiger partial charge in [0.25, 0.3) is 0 Å². The molecule has 0 saturated carbocycles. The third kappa shape index (κ3) is 3.45. The predicted octanol–water partition coefficient (Wildman–Crippen LogP) is 7.19. The number of hydrogen-bond acceptors (Lipinski definition) is 1. The van der Waals surface area contributed by atoms with E-state index >= 15 is 0 Å². The molecule has 4 aromatic carbocycles. The van der Waals surface area contributed by atoms with E-state index < -0.39 is 5.60 Å². The van der Waals surface area contributed by atoms with Gasteiger partial charge in [-0.25, -0.2) is 0 Å². The van der Waals surface area contributed by atoms with Crippen LogP contribution >= 0.6 is 0 Å². The van der Waals surface area contributed by atoms with E-state index in [2.05, 4.69) is 89.5 Å². The fourth-order valence-corrected chi connectivity index (χ4v) is 4.28. The first-order valence-corrected chi connectivity index (χ1v) is 10.6. The van der Waals surface area contributed by atoms with Crippen LogP contribution in [0.2, 0.25) is 0 Å². The second kappa shape index (κ2) is 7.57. The van der Waals surface area contributed by atoms with Crippen molar-refractivity contribution < 1.29 is 5.11 Å². The molecule has 0 spiro atoms. The highest BCUT2D eigenvalue weighted by atomic mass is 16.3. The lowest BCUT2D eigenvalue weighted by Crippen LogP contribution is -2.15. The maximum Gasteiger partial charge on any atom is 0.0840 e. The maximum atomic E-state index is 10.7. The molecule has 1 N–H and O–H groups in total. The van der Waals surface area contributed by atoms with Gasteiger partial charge in [0.05, 0.1) is 16.8 Å². The Kier molecular flexibility index (Phi) is 4.72. The standard InChI is InChI=1S/C29H25NO/c1-29(2,31)23-18-19-26-25(20-23)27(21-12-6-3-7-13-21)28(22-14-8-4-9-15-22)30(26)24-16-10-5-11-17-24/h3-20,31H,1-2H3. The molecule has 0 aliphatic rings. The first-order valence-electron chi connectivity index (χ1n) is 10.6. The van der Waals surface area contributed by atoms with Crippen molar-refractivity contribution in [3.8, 4) is 28.1 Å². The highest BCUT2D eigenvalue weighted by Crippen LogP contribution is 2.43. The highest BCUT2D eigenvalue weighted by Gasteiger charge is 2.24. The summed E-state index contributed by atoms with van der Waals surface area (Å²) in [6.07, 6.45) is 0. The molecule has 1 heterocycles. The molecule has 0 radical (unpaired) electrons. The molecular formula is C29H25NO. The molecule has 5 aromatic rings.